The fourth-order valence-corrected chi connectivity index (χ4v) is 1.34. The van der Waals surface area contributed by atoms with Crippen LogP contribution in [-0.2, 0) is 14.4 Å². The van der Waals surface area contributed by atoms with Gasteiger partial charge in [0.1, 0.15) is 18.3 Å². The maximum Gasteiger partial charge on any atom is 0.310 e. The summed E-state index contributed by atoms with van der Waals surface area (Å²) >= 11 is 0. The van der Waals surface area contributed by atoms with Gasteiger partial charge in [-0.3, -0.25) is 9.59 Å². The Kier molecular flexibility index (Phi) is 14.6. The highest BCUT2D eigenvalue weighted by Crippen LogP contribution is 2.07. The van der Waals surface area contributed by atoms with Crippen molar-refractivity contribution in [2.45, 2.75) is 72.3 Å². The molecule has 0 saturated heterocycles. The molecule has 0 saturated carbocycles. The second-order valence-corrected chi connectivity index (χ2v) is 5.03. The number of Topliss-reactive ketones (excluding diaryl/α,β-unsaturated/α-hetero) is 1. The van der Waals surface area contributed by atoms with Gasteiger partial charge in [-0.15, -0.1) is 4.91 Å². The summed E-state index contributed by atoms with van der Waals surface area (Å²) in [6.45, 7) is 7.41. The number of unbranched alkanes of at least 4 members (excludes halogenated alkanes) is 3. The zero-order chi connectivity index (χ0) is 16.0. The molecule has 1 atom stereocenters. The lowest BCUT2D eigenvalue weighted by atomic mass is 10.1. The van der Waals surface area contributed by atoms with Gasteiger partial charge in [-0.05, 0) is 19.8 Å². The number of carbonyl (C=O) groups excluding carboxylic acids is 1. The number of hydrogen-bond acceptors (Lipinski definition) is 5. The summed E-state index contributed by atoms with van der Waals surface area (Å²) < 4.78 is 0. The molecule has 20 heavy (non-hydrogen) atoms. The van der Waals surface area contributed by atoms with E-state index < -0.39 is 5.97 Å². The lowest BCUT2D eigenvalue weighted by Crippen LogP contribution is -2.12. The number of rotatable bonds is 10. The van der Waals surface area contributed by atoms with Crippen LogP contribution in [0.3, 0.4) is 0 Å². The number of carbonyl (C=O) groups is 2. The average molecular weight is 289 g/mol. The van der Waals surface area contributed by atoms with Gasteiger partial charge in [-0.2, -0.15) is 0 Å². The summed E-state index contributed by atoms with van der Waals surface area (Å²) in [6.07, 6.45) is 5.43. The van der Waals surface area contributed by atoms with Crippen LogP contribution in [0.4, 0.5) is 0 Å². The van der Waals surface area contributed by atoms with Crippen LogP contribution in [0.15, 0.2) is 5.34 Å². The van der Waals surface area contributed by atoms with Gasteiger partial charge < -0.3 is 9.94 Å². The Hall–Kier alpha value is -1.46. The quantitative estimate of drug-likeness (QED) is 0.286. The Morgan fingerprint density at radius 3 is 2.10 bits per heavy atom. The monoisotopic (exact) mass is 289 g/mol. The van der Waals surface area contributed by atoms with Crippen LogP contribution in [-0.4, -0.2) is 23.0 Å². The highest BCUT2D eigenvalue weighted by atomic mass is 16.7. The normalized spacial score (nSPS) is 11.2. The molecule has 0 rings (SSSR count). The molecule has 0 aliphatic heterocycles. The first-order valence-corrected chi connectivity index (χ1v) is 7.08. The van der Waals surface area contributed by atoms with Gasteiger partial charge in [-0.1, -0.05) is 40.0 Å². The molecule has 6 heteroatoms. The fourth-order valence-electron chi connectivity index (χ4n) is 1.34. The second kappa shape index (κ2) is 14.0. The maximum atomic E-state index is 10.6. The van der Waals surface area contributed by atoms with Crippen molar-refractivity contribution in [1.82, 2.24) is 0 Å². The zero-order valence-electron chi connectivity index (χ0n) is 12.9. The molecule has 6 nitrogen and oxygen atoms in total. The third kappa shape index (κ3) is 16.5. The van der Waals surface area contributed by atoms with Crippen molar-refractivity contribution in [2.75, 3.05) is 0 Å². The van der Waals surface area contributed by atoms with Crippen LogP contribution in [0.25, 0.3) is 0 Å². The van der Waals surface area contributed by atoms with E-state index in [1.165, 1.54) is 19.3 Å². The molecular formula is C14H27NO5. The molecule has 118 valence electrons. The van der Waals surface area contributed by atoms with Crippen molar-refractivity contribution in [2.24, 2.45) is 11.3 Å². The first-order valence-electron chi connectivity index (χ1n) is 7.08. The first-order chi connectivity index (χ1) is 9.34. The van der Waals surface area contributed by atoms with E-state index in [1.807, 2.05) is 6.92 Å². The minimum atomic E-state index is -1.05. The molecule has 0 aliphatic rings. The average Bonchev–Trinajstić information content (AvgIpc) is 2.35. The summed E-state index contributed by atoms with van der Waals surface area (Å²) in [4.78, 5) is 34.6. The van der Waals surface area contributed by atoms with Crippen molar-refractivity contribution < 1.29 is 19.5 Å². The zero-order valence-corrected chi connectivity index (χ0v) is 12.9. The van der Waals surface area contributed by atoms with E-state index in [9.17, 15) is 14.5 Å². The molecule has 0 aromatic heterocycles. The fraction of sp³-hybridized carbons (Fsp3) is 0.857. The highest BCUT2D eigenvalue weighted by molar-refractivity contribution is 5.95. The lowest BCUT2D eigenvalue weighted by Gasteiger charge is -2.05. The summed E-state index contributed by atoms with van der Waals surface area (Å²) in [5.74, 6) is -1.43. The molecular weight excluding hydrogens is 262 g/mol. The van der Waals surface area contributed by atoms with Crippen LogP contribution in [0.2, 0.25) is 0 Å². The molecule has 0 spiro atoms. The smallest absolute Gasteiger partial charge is 0.310 e. The predicted molar refractivity (Wildman–Crippen MR) is 77.2 cm³/mol. The topological polar surface area (TPSA) is 93.0 Å². The standard InChI is InChI=1S/C8H17NO2.C6H10O3/c1-3-4-5-6-7-8(2)11-9-10;1-4(2)5(7)3-6(8)9/h8H,3-7H2,1-2H3;4H,3H2,1-2H3,(H,8,9). The third-order valence-corrected chi connectivity index (χ3v) is 2.66. The van der Waals surface area contributed by atoms with Crippen molar-refractivity contribution >= 4 is 11.8 Å². The van der Waals surface area contributed by atoms with E-state index in [2.05, 4.69) is 17.1 Å². The molecule has 0 heterocycles. The Morgan fingerprint density at radius 1 is 1.15 bits per heavy atom. The van der Waals surface area contributed by atoms with Gasteiger partial charge in [0.2, 0.25) is 0 Å². The largest absolute Gasteiger partial charge is 0.481 e. The number of ketones is 1. The van der Waals surface area contributed by atoms with E-state index in [0.717, 1.165) is 12.8 Å². The van der Waals surface area contributed by atoms with Gasteiger partial charge in [0, 0.05) is 5.92 Å². The maximum absolute atomic E-state index is 10.6. The van der Waals surface area contributed by atoms with Gasteiger partial charge in [-0.25, -0.2) is 0 Å². The van der Waals surface area contributed by atoms with Gasteiger partial charge in [0.25, 0.3) is 0 Å². The van der Waals surface area contributed by atoms with E-state index >= 15 is 0 Å². The van der Waals surface area contributed by atoms with Crippen LogP contribution in [0, 0.1) is 10.8 Å². The number of nitrogens with zero attached hydrogens (tertiary/aromatic N) is 1. The van der Waals surface area contributed by atoms with Crippen LogP contribution >= 0.6 is 0 Å². The highest BCUT2D eigenvalue weighted by Gasteiger charge is 2.10. The van der Waals surface area contributed by atoms with Crippen molar-refractivity contribution in [3.8, 4) is 0 Å². The number of aliphatic carboxylic acids is 1. The van der Waals surface area contributed by atoms with E-state index in [-0.39, 0.29) is 24.2 Å². The molecule has 0 aliphatic carbocycles. The predicted octanol–water partition coefficient (Wildman–Crippen LogP) is 3.73. The van der Waals surface area contributed by atoms with E-state index in [1.54, 1.807) is 13.8 Å². The van der Waals surface area contributed by atoms with Crippen LogP contribution in [0.5, 0.6) is 0 Å². The number of hydrogen-bond donors (Lipinski definition) is 1. The molecule has 1 N–H and O–H groups in total. The van der Waals surface area contributed by atoms with Crippen LogP contribution < -0.4 is 0 Å². The Bertz CT molecular complexity index is 279. The van der Waals surface area contributed by atoms with E-state index in [0.29, 0.717) is 0 Å². The minimum Gasteiger partial charge on any atom is -0.481 e. The molecule has 0 fully saturated rings. The molecule has 0 amide bonds. The Morgan fingerprint density at radius 2 is 1.75 bits per heavy atom. The molecule has 0 aromatic rings. The van der Waals surface area contributed by atoms with Gasteiger partial charge >= 0.3 is 5.97 Å². The first kappa shape index (κ1) is 20.8. The van der Waals surface area contributed by atoms with Gasteiger partial charge in [0.05, 0.1) is 0 Å². The van der Waals surface area contributed by atoms with Crippen LogP contribution in [0.1, 0.15) is 66.2 Å². The summed E-state index contributed by atoms with van der Waals surface area (Å²) in [5.41, 5.74) is 0. The second-order valence-electron chi connectivity index (χ2n) is 5.03. The molecule has 0 bridgehead atoms. The number of carboxylic acids is 1. The Labute approximate surface area is 120 Å². The summed E-state index contributed by atoms with van der Waals surface area (Å²) in [5, 5.41) is 10.5. The number of carboxylic acid groups (broad SMARTS) is 1. The summed E-state index contributed by atoms with van der Waals surface area (Å²) in [7, 11) is 0. The third-order valence-electron chi connectivity index (χ3n) is 2.66. The van der Waals surface area contributed by atoms with Crippen molar-refractivity contribution in [3.63, 3.8) is 0 Å². The molecule has 0 radical (unpaired) electrons. The van der Waals surface area contributed by atoms with Crippen molar-refractivity contribution in [1.29, 1.82) is 0 Å². The van der Waals surface area contributed by atoms with E-state index in [4.69, 9.17) is 5.11 Å². The SMILES string of the molecule is CC(C)C(=O)CC(=O)O.CCCCCCC(C)ON=O. The molecule has 1 unspecified atom stereocenters. The lowest BCUT2D eigenvalue weighted by molar-refractivity contribution is -0.140. The Balaban J connectivity index is 0. The van der Waals surface area contributed by atoms with Crippen molar-refractivity contribution in [3.05, 3.63) is 4.91 Å². The summed E-state index contributed by atoms with van der Waals surface area (Å²) in [6, 6.07) is 0. The van der Waals surface area contributed by atoms with Gasteiger partial charge in [0.15, 0.2) is 5.34 Å². The minimum absolute atomic E-state index is 0.00986. The molecule has 0 aromatic carbocycles.